The largest absolute Gasteiger partial charge is 0.494 e. The Kier molecular flexibility index (Phi) is 8.98. The fraction of sp³-hybridized carbons (Fsp3) is 0.185. The third-order valence-corrected chi connectivity index (χ3v) is 6.58. The molecule has 3 aromatic carbocycles. The molecular formula is C27H25ClFN5O3S. The van der Waals surface area contributed by atoms with Crippen LogP contribution in [0.5, 0.6) is 5.75 Å². The smallest absolute Gasteiger partial charge is 0.256 e. The normalized spacial score (nSPS) is 10.7. The summed E-state index contributed by atoms with van der Waals surface area (Å²) in [5, 5.41) is 14.5. The molecule has 1 heterocycles. The Balaban J connectivity index is 1.49. The number of ether oxygens (including phenoxy) is 1. The highest BCUT2D eigenvalue weighted by atomic mass is 35.5. The lowest BCUT2D eigenvalue weighted by Crippen LogP contribution is -2.26. The van der Waals surface area contributed by atoms with E-state index in [4.69, 9.17) is 16.3 Å². The summed E-state index contributed by atoms with van der Waals surface area (Å²) >= 11 is 7.23. The number of aromatic nitrogens is 3. The Hall–Kier alpha value is -3.89. The number of aryl methyl sites for hydroxylation is 1. The van der Waals surface area contributed by atoms with E-state index in [0.717, 1.165) is 17.0 Å². The first kappa shape index (κ1) is 27.2. The summed E-state index contributed by atoms with van der Waals surface area (Å²) in [6.07, 6.45) is 0. The molecular weight excluding hydrogens is 529 g/mol. The van der Waals surface area contributed by atoms with Gasteiger partial charge in [-0.05, 0) is 67.9 Å². The number of halogens is 2. The van der Waals surface area contributed by atoms with Crippen LogP contribution in [0.2, 0.25) is 5.02 Å². The molecule has 11 heteroatoms. The number of nitrogens with one attached hydrogen (secondary N) is 2. The first-order valence-electron chi connectivity index (χ1n) is 11.7. The summed E-state index contributed by atoms with van der Waals surface area (Å²) in [7, 11) is 0. The van der Waals surface area contributed by atoms with Crippen molar-refractivity contribution >= 4 is 40.9 Å². The molecule has 0 radical (unpaired) electrons. The lowest BCUT2D eigenvalue weighted by molar-refractivity contribution is -0.113. The summed E-state index contributed by atoms with van der Waals surface area (Å²) in [6.45, 7) is 4.38. The van der Waals surface area contributed by atoms with Crippen molar-refractivity contribution in [2.75, 3.05) is 17.7 Å². The van der Waals surface area contributed by atoms with Gasteiger partial charge in [-0.3, -0.25) is 14.2 Å². The maximum atomic E-state index is 14.2. The van der Waals surface area contributed by atoms with Gasteiger partial charge in [-0.25, -0.2) is 4.39 Å². The van der Waals surface area contributed by atoms with Gasteiger partial charge < -0.3 is 15.4 Å². The molecule has 0 fully saturated rings. The van der Waals surface area contributed by atoms with Crippen LogP contribution >= 0.6 is 23.4 Å². The molecule has 4 rings (SSSR count). The van der Waals surface area contributed by atoms with Crippen LogP contribution in [0, 0.1) is 12.7 Å². The molecule has 2 N–H and O–H groups in total. The minimum Gasteiger partial charge on any atom is -0.494 e. The number of carbonyl (C=O) groups is 2. The molecule has 0 aliphatic carbocycles. The third kappa shape index (κ3) is 6.70. The van der Waals surface area contributed by atoms with Crippen LogP contribution in [0.3, 0.4) is 0 Å². The average Bonchev–Trinajstić information content (AvgIpc) is 3.30. The summed E-state index contributed by atoms with van der Waals surface area (Å²) in [4.78, 5) is 25.3. The van der Waals surface area contributed by atoms with E-state index in [-0.39, 0.29) is 28.8 Å². The second-order valence-corrected chi connectivity index (χ2v) is 9.50. The Morgan fingerprint density at radius 1 is 1.08 bits per heavy atom. The van der Waals surface area contributed by atoms with Crippen LogP contribution in [0.15, 0.2) is 71.9 Å². The average molecular weight is 554 g/mol. The number of nitrogens with zero attached hydrogens (tertiary/aromatic N) is 3. The van der Waals surface area contributed by atoms with Crippen LogP contribution in [-0.2, 0) is 11.3 Å². The van der Waals surface area contributed by atoms with Crippen LogP contribution in [0.1, 0.15) is 28.7 Å². The number of hydrogen-bond acceptors (Lipinski definition) is 6. The van der Waals surface area contributed by atoms with Gasteiger partial charge in [0.1, 0.15) is 11.6 Å². The number of anilines is 1. The van der Waals surface area contributed by atoms with Crippen molar-refractivity contribution in [1.82, 2.24) is 20.1 Å². The standard InChI is InChI=1S/C27H25ClFN5O3S/c1-3-37-20-12-10-18(11-13-20)31-24(35)16-38-27-33-32-23(34(27)19-7-4-6-17(2)14-19)15-30-26(36)25-21(28)8-5-9-22(25)29/h4-14H,3,15-16H2,1-2H3,(H,30,36)(H,31,35). The van der Waals surface area contributed by atoms with Crippen molar-refractivity contribution < 1.29 is 18.7 Å². The van der Waals surface area contributed by atoms with Gasteiger partial charge in [-0.15, -0.1) is 10.2 Å². The van der Waals surface area contributed by atoms with E-state index in [1.807, 2.05) is 38.1 Å². The molecule has 1 aromatic heterocycles. The molecule has 0 spiro atoms. The topological polar surface area (TPSA) is 98.1 Å². The van der Waals surface area contributed by atoms with Crippen molar-refractivity contribution in [3.8, 4) is 11.4 Å². The molecule has 0 bridgehead atoms. The van der Waals surface area contributed by atoms with Gasteiger partial charge in [0.05, 0.1) is 29.5 Å². The fourth-order valence-corrected chi connectivity index (χ4v) is 4.65. The van der Waals surface area contributed by atoms with E-state index in [2.05, 4.69) is 20.8 Å². The van der Waals surface area contributed by atoms with Gasteiger partial charge >= 0.3 is 0 Å². The van der Waals surface area contributed by atoms with E-state index in [9.17, 15) is 14.0 Å². The van der Waals surface area contributed by atoms with E-state index >= 15 is 0 Å². The maximum Gasteiger partial charge on any atom is 0.256 e. The second-order valence-electron chi connectivity index (χ2n) is 8.15. The Morgan fingerprint density at radius 3 is 2.55 bits per heavy atom. The number of thioether (sulfide) groups is 1. The molecule has 4 aromatic rings. The van der Waals surface area contributed by atoms with Crippen LogP contribution < -0.4 is 15.4 Å². The highest BCUT2D eigenvalue weighted by Gasteiger charge is 2.19. The Labute approximate surface area is 228 Å². The van der Waals surface area contributed by atoms with Crippen LogP contribution in [0.25, 0.3) is 5.69 Å². The predicted molar refractivity (Wildman–Crippen MR) is 146 cm³/mol. The monoisotopic (exact) mass is 553 g/mol. The zero-order valence-corrected chi connectivity index (χ0v) is 22.3. The molecule has 38 heavy (non-hydrogen) atoms. The number of amides is 2. The van der Waals surface area contributed by atoms with Gasteiger partial charge in [0.25, 0.3) is 5.91 Å². The number of hydrogen-bond donors (Lipinski definition) is 2. The minimum absolute atomic E-state index is 0.0115. The van der Waals surface area contributed by atoms with E-state index in [1.54, 1.807) is 28.8 Å². The molecule has 2 amide bonds. The number of carbonyl (C=O) groups excluding carboxylic acids is 2. The Morgan fingerprint density at radius 2 is 1.84 bits per heavy atom. The van der Waals surface area contributed by atoms with Gasteiger partial charge in [0.2, 0.25) is 5.91 Å². The van der Waals surface area contributed by atoms with Crippen LogP contribution in [0.4, 0.5) is 10.1 Å². The lowest BCUT2D eigenvalue weighted by atomic mass is 10.2. The van der Waals surface area contributed by atoms with E-state index < -0.39 is 11.7 Å². The van der Waals surface area contributed by atoms with Crippen molar-refractivity contribution in [1.29, 1.82) is 0 Å². The molecule has 0 unspecified atom stereocenters. The first-order chi connectivity index (χ1) is 18.4. The molecule has 0 aliphatic rings. The molecule has 0 aliphatic heterocycles. The molecule has 0 saturated heterocycles. The highest BCUT2D eigenvalue weighted by Crippen LogP contribution is 2.24. The van der Waals surface area contributed by atoms with Crippen molar-refractivity contribution in [3.63, 3.8) is 0 Å². The zero-order valence-electron chi connectivity index (χ0n) is 20.7. The number of benzene rings is 3. The van der Waals surface area contributed by atoms with Gasteiger partial charge in [-0.1, -0.05) is 41.6 Å². The summed E-state index contributed by atoms with van der Waals surface area (Å²) < 4.78 is 21.4. The quantitative estimate of drug-likeness (QED) is 0.254. The number of rotatable bonds is 10. The molecule has 0 atom stereocenters. The third-order valence-electron chi connectivity index (χ3n) is 5.34. The van der Waals surface area contributed by atoms with Crippen molar-refractivity contribution in [2.45, 2.75) is 25.5 Å². The minimum atomic E-state index is -0.718. The van der Waals surface area contributed by atoms with Crippen molar-refractivity contribution in [2.24, 2.45) is 0 Å². The van der Waals surface area contributed by atoms with Gasteiger partial charge in [0, 0.05) is 11.4 Å². The molecule has 196 valence electrons. The first-order valence-corrected chi connectivity index (χ1v) is 13.1. The molecule has 0 saturated carbocycles. The summed E-state index contributed by atoms with van der Waals surface area (Å²) in [6, 6.07) is 18.8. The zero-order chi connectivity index (χ0) is 27.1. The fourth-order valence-electron chi connectivity index (χ4n) is 3.63. The van der Waals surface area contributed by atoms with Gasteiger partial charge in [0.15, 0.2) is 11.0 Å². The summed E-state index contributed by atoms with van der Waals surface area (Å²) in [5.41, 5.74) is 2.18. The highest BCUT2D eigenvalue weighted by molar-refractivity contribution is 7.99. The SMILES string of the molecule is CCOc1ccc(NC(=O)CSc2nnc(CNC(=O)c3c(F)cccc3Cl)n2-c2cccc(C)c2)cc1. The summed E-state index contributed by atoms with van der Waals surface area (Å²) in [5.74, 6) is -0.398. The van der Waals surface area contributed by atoms with E-state index in [0.29, 0.717) is 23.3 Å². The molecule has 8 nitrogen and oxygen atoms in total. The van der Waals surface area contributed by atoms with Crippen molar-refractivity contribution in [3.05, 3.63) is 94.5 Å². The maximum absolute atomic E-state index is 14.2. The second kappa shape index (κ2) is 12.6. The predicted octanol–water partition coefficient (Wildman–Crippen LogP) is 5.43. The Bertz CT molecular complexity index is 1420. The lowest BCUT2D eigenvalue weighted by Gasteiger charge is -2.12. The van der Waals surface area contributed by atoms with E-state index in [1.165, 1.54) is 30.0 Å². The van der Waals surface area contributed by atoms with Gasteiger partial charge in [-0.2, -0.15) is 0 Å². The van der Waals surface area contributed by atoms with Crippen LogP contribution in [-0.4, -0.2) is 38.9 Å².